The van der Waals surface area contributed by atoms with Crippen LogP contribution in [-0.4, -0.2) is 94.8 Å². The Bertz CT molecular complexity index is 6770. The third-order valence-electron chi connectivity index (χ3n) is 19.4. The molecule has 4 aliphatic heterocycles. The molecular weight excluding hydrogens is 1220 g/mol. The molecule has 0 unspecified atom stereocenters. The van der Waals surface area contributed by atoms with E-state index in [0.717, 1.165) is 97.7 Å². The predicted molar refractivity (Wildman–Crippen MR) is 402 cm³/mol. The Morgan fingerprint density at radius 3 is 1.14 bits per heavy atom. The quantitative estimate of drug-likeness (QED) is 0.190. The number of aromatic nitrogens is 8. The number of rotatable bonds is 4. The van der Waals surface area contributed by atoms with E-state index in [2.05, 4.69) is 72.5 Å². The molecule has 0 spiro atoms. The maximum Gasteiger partial charge on any atom is 0.402 e. The van der Waals surface area contributed by atoms with Crippen LogP contribution in [0.4, 0.5) is 0 Å². The van der Waals surface area contributed by atoms with Gasteiger partial charge in [-0.1, -0.05) is 0 Å². The molecule has 99 heavy (non-hydrogen) atoms. The molecule has 16 rings (SSSR count). The lowest BCUT2D eigenvalue weighted by Crippen LogP contribution is -2.62. The van der Waals surface area contributed by atoms with Gasteiger partial charge in [0.05, 0.1) is 5.39 Å². The number of aryl methyl sites for hydroxylation is 15. The number of fused-ring (bicyclic) bond motifs is 12. The van der Waals surface area contributed by atoms with E-state index < -0.39 is 48.0 Å². The average Bonchev–Trinajstić information content (AvgIpc) is 1.55. The van der Waals surface area contributed by atoms with Crippen molar-refractivity contribution >= 4 is 141 Å². The highest BCUT2D eigenvalue weighted by Gasteiger charge is 2.40. The van der Waals surface area contributed by atoms with Gasteiger partial charge in [-0.25, -0.2) is 38.2 Å². The standard InChI is InChI=1S/C21H25BN3O.C20H23BN3O.2C19H21BN3O/c1-12-9-18(24(6)10-14(12)3)22-16(5)20-17(11-25(22)7)19-13(2)8-15(4)23-21(19)26-20;1-12-9-18(23(5)10-13(12)2)21-15(4)19-17(11-24(21)6)16-8-7-14(3)22-20(16)25-19;1-12-6-9-17(22(4)10-12)20-14(3)18-16(11-23(20)5)15-8-7-13(2)21-19(15)24-18;1-12-8-9-22(4)17(10-12)20-14(3)18-16(11-23(20)5)15-7-6-13(2)21-19(15)24-18/h8-11H,1-7H3;7-11H,1-6H3;2*6-11H,1-5H3/q4*+1/i3D3,4D3;2D3,3D3;1D3,2D3;2D3. The topological polar surface area (TPSA) is 133 Å². The smallest absolute Gasteiger partial charge is 0.402 e. The summed E-state index contributed by atoms with van der Waals surface area (Å²) in [5.74, 6) is 0. The van der Waals surface area contributed by atoms with Gasteiger partial charge < -0.3 is 36.9 Å². The maximum atomic E-state index is 7.78. The summed E-state index contributed by atoms with van der Waals surface area (Å²) in [6.45, 7) is -0.690. The summed E-state index contributed by atoms with van der Waals surface area (Å²) in [7, 11) is 15.4. The molecule has 0 fully saturated rings. The van der Waals surface area contributed by atoms with Gasteiger partial charge in [-0.2, -0.15) is 0 Å². The van der Waals surface area contributed by atoms with Gasteiger partial charge in [0.15, 0.2) is 47.2 Å². The lowest BCUT2D eigenvalue weighted by Gasteiger charge is -2.24. The molecule has 20 heteroatoms. The first-order valence-corrected chi connectivity index (χ1v) is 32.4. The Labute approximate surface area is 610 Å². The van der Waals surface area contributed by atoms with Crippen LogP contribution in [0.3, 0.4) is 0 Å². The van der Waals surface area contributed by atoms with Crippen molar-refractivity contribution in [3.05, 3.63) is 208 Å². The summed E-state index contributed by atoms with van der Waals surface area (Å²) in [6.07, 6.45) is 15.0. The van der Waals surface area contributed by atoms with Crippen molar-refractivity contribution in [2.75, 3.05) is 28.2 Å². The monoisotopic (exact) mass is 1340 g/mol. The normalized spacial score (nSPS) is 18.1. The molecule has 12 aromatic rings. The Morgan fingerprint density at radius 1 is 0.343 bits per heavy atom. The first-order valence-electron chi connectivity index (χ1n) is 42.9. The third kappa shape index (κ3) is 12.1. The van der Waals surface area contributed by atoms with E-state index in [4.69, 9.17) is 46.5 Å². The molecule has 16 heterocycles. The first-order chi connectivity index (χ1) is 55.5. The van der Waals surface area contributed by atoms with Crippen LogP contribution in [0.1, 0.15) is 118 Å². The molecule has 12 aromatic heterocycles. The summed E-state index contributed by atoms with van der Waals surface area (Å²) in [5.41, 5.74) is 16.2. The number of hydrogen-bond donors (Lipinski definition) is 0. The first kappa shape index (κ1) is 46.1. The van der Waals surface area contributed by atoms with Gasteiger partial charge in [-0.15, -0.1) is 0 Å². The van der Waals surface area contributed by atoms with Crippen LogP contribution in [-0.2, 0) is 28.2 Å². The predicted octanol–water partition coefficient (Wildman–Crippen LogP) is 3.17. The second kappa shape index (κ2) is 25.9. The summed E-state index contributed by atoms with van der Waals surface area (Å²) in [5, 5.41) is 6.67. The Kier molecular flexibility index (Phi) is 12.1. The summed E-state index contributed by atoms with van der Waals surface area (Å²) >= 11 is 0. The minimum absolute atomic E-state index is 0.00377. The molecule has 0 N–H and O–H groups in total. The Hall–Kier alpha value is -10.2. The van der Waals surface area contributed by atoms with E-state index in [1.807, 2.05) is 151 Å². The largest absolute Gasteiger partial charge is 0.438 e. The summed E-state index contributed by atoms with van der Waals surface area (Å²) in [4.78, 5) is 25.3. The van der Waals surface area contributed by atoms with Crippen molar-refractivity contribution < 1.29 is 64.7 Å². The van der Waals surface area contributed by atoms with Crippen LogP contribution in [0.2, 0.25) is 0 Å². The molecule has 0 bridgehead atoms. The zero-order valence-electron chi connectivity index (χ0n) is 79.4. The Balaban J connectivity index is 0.000000139. The number of pyridine rings is 8. The maximum absolute atomic E-state index is 7.78. The number of hydrogen-bond acceptors (Lipinski definition) is 12. The van der Waals surface area contributed by atoms with Crippen molar-refractivity contribution in [2.45, 2.75) is 103 Å². The van der Waals surface area contributed by atoms with Crippen LogP contribution in [0.15, 0.2) is 121 Å². The third-order valence-corrected chi connectivity index (χ3v) is 19.4. The van der Waals surface area contributed by atoms with Crippen molar-refractivity contribution in [2.24, 2.45) is 28.2 Å². The van der Waals surface area contributed by atoms with Crippen LogP contribution in [0.25, 0.3) is 91.1 Å². The molecule has 498 valence electrons. The Morgan fingerprint density at radius 2 is 0.727 bits per heavy atom. The molecule has 0 saturated carbocycles. The summed E-state index contributed by atoms with van der Waals surface area (Å²) < 4.78 is 193. The zero-order chi connectivity index (χ0) is 88.1. The van der Waals surface area contributed by atoms with E-state index in [0.29, 0.717) is 61.4 Å². The molecule has 0 radical (unpaired) electrons. The highest BCUT2D eigenvalue weighted by Crippen LogP contribution is 2.20. The minimum atomic E-state index is -2.32. The van der Waals surface area contributed by atoms with E-state index in [1.54, 1.807) is 61.9 Å². The highest BCUT2D eigenvalue weighted by atomic mass is 16.3. The van der Waals surface area contributed by atoms with Gasteiger partial charge in [-0.3, -0.25) is 0 Å². The fourth-order valence-electron chi connectivity index (χ4n) is 14.5. The van der Waals surface area contributed by atoms with Gasteiger partial charge in [0.2, 0.25) is 22.9 Å². The van der Waals surface area contributed by atoms with Gasteiger partial charge >= 0.3 is 27.4 Å². The molecular formula is C79H90B4N12O4+4. The van der Waals surface area contributed by atoms with E-state index in [-0.39, 0.29) is 55.7 Å². The molecule has 16 nitrogen and oxygen atoms in total. The van der Waals surface area contributed by atoms with Gasteiger partial charge in [0.25, 0.3) is 0 Å². The van der Waals surface area contributed by atoms with Gasteiger partial charge in [-0.05, 0) is 255 Å². The molecule has 0 aliphatic carbocycles. The SMILES string of the molecule is [2H]C([2H])([2H])c1cc(C)c2c3c(oc2n1)=C(C)B(c1cc(C)c(C([2H])([2H])[2H])c[n+]1C)N(C)C=3.[2H]C([2H])([2H])c1ccc(B2C(C)=c3oc4nc(C([2H])([2H])[2H])ccc4c3=CN2C)[n+](C)c1.[2H]C([2H])([2H])c1ccc2c3c(oc2n1)=C(C)B(c1cc(C)c(C([2H])([2H])[2H])c[n+]1C)N(C)C=3.[2H]C([2H])([2H])c1ccc2c3c(oc2n1)=C(C)B(c1cc(C)cc[n+]1C)N(C)C=3. The lowest BCUT2D eigenvalue weighted by molar-refractivity contribution is -0.654. The van der Waals surface area contributed by atoms with E-state index in [9.17, 15) is 0 Å². The summed E-state index contributed by atoms with van der Waals surface area (Å²) in [6, 6.07) is 22.9. The van der Waals surface area contributed by atoms with E-state index >= 15 is 0 Å². The van der Waals surface area contributed by atoms with Crippen LogP contribution in [0, 0.1) is 75.7 Å². The average molecular weight is 1340 g/mol. The highest BCUT2D eigenvalue weighted by molar-refractivity contribution is 6.87. The zero-order valence-corrected chi connectivity index (χ0v) is 58.4. The fraction of sp³-hybridized carbons (Fsp3) is 0.291. The van der Waals surface area contributed by atoms with Crippen molar-refractivity contribution in [3.63, 3.8) is 0 Å². The van der Waals surface area contributed by atoms with Gasteiger partial charge in [0, 0.05) is 130 Å². The second-order valence-corrected chi connectivity index (χ2v) is 26.6. The van der Waals surface area contributed by atoms with Crippen LogP contribution in [0.5, 0.6) is 0 Å². The lowest BCUT2D eigenvalue weighted by atomic mass is 9.50. The molecule has 0 saturated heterocycles. The number of nitrogens with zero attached hydrogens (tertiary/aromatic N) is 12. The molecule has 0 amide bonds. The van der Waals surface area contributed by atoms with Crippen molar-refractivity contribution in [1.29, 1.82) is 0 Å². The van der Waals surface area contributed by atoms with Crippen molar-refractivity contribution in [3.8, 4) is 0 Å². The van der Waals surface area contributed by atoms with Gasteiger partial charge in [0.1, 0.15) is 49.9 Å². The van der Waals surface area contributed by atoms with E-state index in [1.165, 1.54) is 17.7 Å². The minimum Gasteiger partial charge on any atom is -0.438 e. The second-order valence-electron chi connectivity index (χ2n) is 26.6. The molecule has 0 atom stereocenters. The fourth-order valence-corrected chi connectivity index (χ4v) is 14.5. The molecule has 0 aromatic carbocycles. The van der Waals surface area contributed by atoms with Crippen LogP contribution >= 0.6 is 0 Å². The van der Waals surface area contributed by atoms with Crippen LogP contribution < -0.4 is 83.2 Å². The number of furan rings is 4. The molecule has 4 aliphatic rings. The van der Waals surface area contributed by atoms with Crippen molar-refractivity contribution in [1.82, 2.24) is 39.2 Å².